The van der Waals surface area contributed by atoms with Crippen LogP contribution in [0.15, 0.2) is 23.1 Å². The molecule has 0 saturated carbocycles. The summed E-state index contributed by atoms with van der Waals surface area (Å²) in [4.78, 5) is -0.363. The van der Waals surface area contributed by atoms with Gasteiger partial charge in [-0.25, -0.2) is 8.42 Å². The first-order valence-corrected chi connectivity index (χ1v) is 5.61. The van der Waals surface area contributed by atoms with Crippen molar-refractivity contribution in [1.29, 1.82) is 0 Å². The summed E-state index contributed by atoms with van der Waals surface area (Å²) in [6.07, 6.45) is 0. The third kappa shape index (κ3) is 2.26. The molecule has 3 nitrogen and oxygen atoms in total. The molecule has 0 heterocycles. The fourth-order valence-corrected chi connectivity index (χ4v) is 2.12. The second-order valence-corrected chi connectivity index (χ2v) is 4.82. The molecule has 15 heavy (non-hydrogen) atoms. The van der Waals surface area contributed by atoms with E-state index in [4.69, 9.17) is 4.74 Å². The molecule has 0 atom stereocenters. The van der Waals surface area contributed by atoms with E-state index in [0.717, 1.165) is 6.07 Å². The number of hydrogen-bond acceptors (Lipinski definition) is 3. The molecule has 0 spiro atoms. The van der Waals surface area contributed by atoms with Crippen molar-refractivity contribution in [3.8, 4) is 5.75 Å². The third-order valence-electron chi connectivity index (χ3n) is 1.92. The first kappa shape index (κ1) is 11.9. The Morgan fingerprint density at radius 3 is 2.33 bits per heavy atom. The van der Waals surface area contributed by atoms with Gasteiger partial charge in [-0.15, -0.1) is 0 Å². The lowest BCUT2D eigenvalue weighted by molar-refractivity contribution is 0.234. The van der Waals surface area contributed by atoms with Crippen molar-refractivity contribution in [2.75, 3.05) is 7.11 Å². The number of ether oxygens (including phenoxy) is 1. The number of sulfone groups is 1. The largest absolute Gasteiger partial charge is 0.497 e. The van der Waals surface area contributed by atoms with Gasteiger partial charge >= 0.3 is 5.76 Å². The average Bonchev–Trinajstić information content (AvgIpc) is 2.16. The van der Waals surface area contributed by atoms with Crippen LogP contribution in [0.3, 0.4) is 0 Å². The Labute approximate surface area is 86.6 Å². The van der Waals surface area contributed by atoms with Gasteiger partial charge in [0.15, 0.2) is 0 Å². The van der Waals surface area contributed by atoms with E-state index in [1.807, 2.05) is 0 Å². The highest BCUT2D eigenvalue weighted by molar-refractivity contribution is 7.91. The van der Waals surface area contributed by atoms with Crippen molar-refractivity contribution < 1.29 is 21.9 Å². The van der Waals surface area contributed by atoms with Crippen LogP contribution in [0.1, 0.15) is 5.56 Å². The average molecular weight is 236 g/mol. The molecule has 0 radical (unpaired) electrons. The molecule has 0 aromatic heterocycles. The van der Waals surface area contributed by atoms with E-state index in [1.165, 1.54) is 26.2 Å². The highest BCUT2D eigenvalue weighted by Gasteiger charge is 2.28. The minimum atomic E-state index is -4.52. The van der Waals surface area contributed by atoms with Gasteiger partial charge in [0.25, 0.3) is 0 Å². The molecule has 0 N–H and O–H groups in total. The summed E-state index contributed by atoms with van der Waals surface area (Å²) in [5, 5.41) is 0. The number of methoxy groups -OCH3 is 1. The van der Waals surface area contributed by atoms with E-state index >= 15 is 0 Å². The third-order valence-corrected chi connectivity index (χ3v) is 3.46. The fourth-order valence-electron chi connectivity index (χ4n) is 1.16. The minimum absolute atomic E-state index is 0.245. The van der Waals surface area contributed by atoms with Crippen LogP contribution in [0.5, 0.6) is 5.75 Å². The molecule has 1 aromatic rings. The summed E-state index contributed by atoms with van der Waals surface area (Å²) < 4.78 is 51.6. The van der Waals surface area contributed by atoms with Crippen LogP contribution in [-0.4, -0.2) is 21.3 Å². The van der Waals surface area contributed by atoms with Gasteiger partial charge < -0.3 is 4.74 Å². The van der Waals surface area contributed by atoms with Crippen LogP contribution in [0.2, 0.25) is 0 Å². The molecule has 1 aromatic carbocycles. The second kappa shape index (κ2) is 4.14. The number of hydrogen-bond donors (Lipinski definition) is 0. The van der Waals surface area contributed by atoms with E-state index in [1.54, 1.807) is 0 Å². The van der Waals surface area contributed by atoms with Gasteiger partial charge in [-0.05, 0) is 30.7 Å². The van der Waals surface area contributed by atoms with Crippen LogP contribution in [0.25, 0.3) is 0 Å². The summed E-state index contributed by atoms with van der Waals surface area (Å²) in [6, 6.07) is 3.85. The number of rotatable bonds is 3. The Bertz CT molecular complexity index is 454. The fraction of sp³-hybridized carbons (Fsp3) is 0.333. The second-order valence-electron chi connectivity index (χ2n) is 2.94. The summed E-state index contributed by atoms with van der Waals surface area (Å²) in [5.74, 6) is -2.97. The standard InChI is InChI=1S/C9H10F2O3S/c1-6-5-7(14-2)3-4-8(6)15(12,13)9(10)11/h3-5,9H,1-2H3. The topological polar surface area (TPSA) is 43.4 Å². The lowest BCUT2D eigenvalue weighted by Crippen LogP contribution is -2.12. The molecule has 0 unspecified atom stereocenters. The monoisotopic (exact) mass is 236 g/mol. The van der Waals surface area contributed by atoms with Gasteiger partial charge in [-0.2, -0.15) is 8.78 Å². The van der Waals surface area contributed by atoms with Gasteiger partial charge in [-0.1, -0.05) is 0 Å². The smallest absolute Gasteiger partial charge is 0.341 e. The molecule has 0 saturated heterocycles. The Morgan fingerprint density at radius 1 is 1.33 bits per heavy atom. The molecule has 0 fully saturated rings. The van der Waals surface area contributed by atoms with Crippen LogP contribution < -0.4 is 4.74 Å². The zero-order valence-corrected chi connectivity index (χ0v) is 9.01. The van der Waals surface area contributed by atoms with Crippen LogP contribution >= 0.6 is 0 Å². The van der Waals surface area contributed by atoms with Gasteiger partial charge in [0.2, 0.25) is 9.84 Å². The van der Waals surface area contributed by atoms with Gasteiger partial charge in [0.1, 0.15) is 5.75 Å². The van der Waals surface area contributed by atoms with Crippen LogP contribution in [0, 0.1) is 6.92 Å². The maximum Gasteiger partial charge on any atom is 0.341 e. The molecular weight excluding hydrogens is 226 g/mol. The van der Waals surface area contributed by atoms with Crippen molar-refractivity contribution >= 4 is 9.84 Å². The molecule has 0 aliphatic carbocycles. The Kier molecular flexibility index (Phi) is 3.28. The molecular formula is C9H10F2O3S. The number of alkyl halides is 2. The van der Waals surface area contributed by atoms with Gasteiger partial charge in [0.05, 0.1) is 12.0 Å². The molecule has 6 heteroatoms. The Balaban J connectivity index is 3.29. The predicted molar refractivity (Wildman–Crippen MR) is 50.9 cm³/mol. The summed E-state index contributed by atoms with van der Waals surface area (Å²) in [5.41, 5.74) is 0.245. The predicted octanol–water partition coefficient (Wildman–Crippen LogP) is 2.00. The Hall–Kier alpha value is -1.17. The first-order valence-electron chi connectivity index (χ1n) is 4.06. The first-order chi connectivity index (χ1) is 6.89. The van der Waals surface area contributed by atoms with Crippen molar-refractivity contribution in [2.24, 2.45) is 0 Å². The molecule has 0 aliphatic rings. The van der Waals surface area contributed by atoms with Crippen LogP contribution in [-0.2, 0) is 9.84 Å². The van der Waals surface area contributed by atoms with E-state index in [2.05, 4.69) is 0 Å². The number of halogens is 2. The SMILES string of the molecule is COc1ccc(S(=O)(=O)C(F)F)c(C)c1. The number of benzene rings is 1. The van der Waals surface area contributed by atoms with E-state index in [9.17, 15) is 17.2 Å². The minimum Gasteiger partial charge on any atom is -0.497 e. The van der Waals surface area contributed by atoms with Crippen molar-refractivity contribution in [1.82, 2.24) is 0 Å². The maximum atomic E-state index is 12.2. The summed E-state index contributed by atoms with van der Waals surface area (Å²) in [7, 11) is -3.11. The summed E-state index contributed by atoms with van der Waals surface area (Å²) >= 11 is 0. The summed E-state index contributed by atoms with van der Waals surface area (Å²) in [6.45, 7) is 1.44. The van der Waals surface area contributed by atoms with E-state index < -0.39 is 15.6 Å². The normalized spacial score (nSPS) is 11.8. The van der Waals surface area contributed by atoms with Crippen molar-refractivity contribution in [2.45, 2.75) is 17.6 Å². The number of aryl methyl sites for hydroxylation is 1. The van der Waals surface area contributed by atoms with Crippen LogP contribution in [0.4, 0.5) is 8.78 Å². The molecule has 0 amide bonds. The van der Waals surface area contributed by atoms with Gasteiger partial charge in [0, 0.05) is 0 Å². The zero-order chi connectivity index (χ0) is 11.6. The quantitative estimate of drug-likeness (QED) is 0.806. The lowest BCUT2D eigenvalue weighted by Gasteiger charge is -2.08. The Morgan fingerprint density at radius 2 is 1.93 bits per heavy atom. The molecule has 84 valence electrons. The highest BCUT2D eigenvalue weighted by Crippen LogP contribution is 2.25. The van der Waals surface area contributed by atoms with Gasteiger partial charge in [-0.3, -0.25) is 0 Å². The highest BCUT2D eigenvalue weighted by atomic mass is 32.2. The maximum absolute atomic E-state index is 12.2. The van der Waals surface area contributed by atoms with E-state index in [0.29, 0.717) is 5.75 Å². The van der Waals surface area contributed by atoms with E-state index in [-0.39, 0.29) is 10.5 Å². The lowest BCUT2D eigenvalue weighted by atomic mass is 10.2. The molecule has 0 aliphatic heterocycles. The zero-order valence-electron chi connectivity index (χ0n) is 8.20. The molecule has 0 bridgehead atoms. The van der Waals surface area contributed by atoms with Crippen molar-refractivity contribution in [3.63, 3.8) is 0 Å². The molecule has 1 rings (SSSR count). The van der Waals surface area contributed by atoms with Crippen molar-refractivity contribution in [3.05, 3.63) is 23.8 Å².